The molecule has 0 fully saturated rings. The SMILES string of the molecule is CC(=O)CC(=O)OCCOC(=O)c1ccc(C(C)(C)C)cc1. The Morgan fingerprint density at radius 3 is 2.00 bits per heavy atom. The standard InChI is InChI=1S/C17H22O5/c1-12(18)11-15(19)21-9-10-22-16(20)13-5-7-14(8-6-13)17(2,3)4/h5-8H,9-11H2,1-4H3. The Labute approximate surface area is 130 Å². The molecule has 0 N–H and O–H groups in total. The lowest BCUT2D eigenvalue weighted by molar-refractivity contribution is -0.146. The van der Waals surface area contributed by atoms with Crippen LogP contribution in [0.15, 0.2) is 24.3 Å². The number of ketones is 1. The lowest BCUT2D eigenvalue weighted by atomic mass is 9.87. The highest BCUT2D eigenvalue weighted by Gasteiger charge is 2.15. The zero-order valence-corrected chi connectivity index (χ0v) is 13.5. The molecule has 1 aromatic carbocycles. The summed E-state index contributed by atoms with van der Waals surface area (Å²) >= 11 is 0. The maximum Gasteiger partial charge on any atom is 0.338 e. The molecule has 0 saturated carbocycles. The highest BCUT2D eigenvalue weighted by Crippen LogP contribution is 2.22. The molecule has 0 amide bonds. The number of Topliss-reactive ketones (excluding diaryl/α,β-unsaturated/α-hetero) is 1. The van der Waals surface area contributed by atoms with Crippen molar-refractivity contribution in [3.8, 4) is 0 Å². The smallest absolute Gasteiger partial charge is 0.338 e. The molecule has 1 aromatic rings. The molecule has 0 unspecified atom stereocenters. The second-order valence-electron chi connectivity index (χ2n) is 6.06. The Balaban J connectivity index is 2.40. The molecule has 0 atom stereocenters. The summed E-state index contributed by atoms with van der Waals surface area (Å²) < 4.78 is 9.77. The number of rotatable bonds is 6. The van der Waals surface area contributed by atoms with Crippen molar-refractivity contribution in [2.75, 3.05) is 13.2 Å². The summed E-state index contributed by atoms with van der Waals surface area (Å²) in [6.45, 7) is 7.49. The van der Waals surface area contributed by atoms with Crippen LogP contribution in [-0.2, 0) is 24.5 Å². The van der Waals surface area contributed by atoms with Gasteiger partial charge in [-0.15, -0.1) is 0 Å². The van der Waals surface area contributed by atoms with Gasteiger partial charge in [0.05, 0.1) is 5.56 Å². The predicted molar refractivity (Wildman–Crippen MR) is 81.7 cm³/mol. The highest BCUT2D eigenvalue weighted by atomic mass is 16.6. The lowest BCUT2D eigenvalue weighted by Gasteiger charge is -2.18. The lowest BCUT2D eigenvalue weighted by Crippen LogP contribution is -2.16. The number of benzene rings is 1. The zero-order chi connectivity index (χ0) is 16.8. The fourth-order valence-electron chi connectivity index (χ4n) is 1.73. The average Bonchev–Trinajstić information content (AvgIpc) is 2.42. The Bertz CT molecular complexity index is 537. The minimum atomic E-state index is -0.613. The molecule has 5 heteroatoms. The molecule has 0 aromatic heterocycles. The van der Waals surface area contributed by atoms with E-state index in [0.29, 0.717) is 5.56 Å². The second kappa shape index (κ2) is 7.73. The molecule has 22 heavy (non-hydrogen) atoms. The maximum absolute atomic E-state index is 11.8. The van der Waals surface area contributed by atoms with E-state index in [1.807, 2.05) is 12.1 Å². The first-order chi connectivity index (χ1) is 10.2. The van der Waals surface area contributed by atoms with Gasteiger partial charge < -0.3 is 9.47 Å². The van der Waals surface area contributed by atoms with Gasteiger partial charge in [-0.05, 0) is 30.0 Å². The molecule has 120 valence electrons. The first kappa shape index (κ1) is 17.9. The van der Waals surface area contributed by atoms with Crippen molar-refractivity contribution in [1.29, 1.82) is 0 Å². The van der Waals surface area contributed by atoms with Crippen LogP contribution >= 0.6 is 0 Å². The number of carbonyl (C=O) groups is 3. The van der Waals surface area contributed by atoms with Crippen LogP contribution in [0.1, 0.15) is 50.0 Å². The van der Waals surface area contributed by atoms with E-state index in [0.717, 1.165) is 5.56 Å². The first-order valence-electron chi connectivity index (χ1n) is 7.13. The van der Waals surface area contributed by atoms with Crippen LogP contribution in [0.25, 0.3) is 0 Å². The van der Waals surface area contributed by atoms with Gasteiger partial charge in [0.15, 0.2) is 0 Å². The summed E-state index contributed by atoms with van der Waals surface area (Å²) in [6.07, 6.45) is -0.262. The minimum absolute atomic E-state index is 0.0212. The van der Waals surface area contributed by atoms with E-state index in [1.54, 1.807) is 12.1 Å². The summed E-state index contributed by atoms with van der Waals surface area (Å²) in [5.74, 6) is -1.35. The van der Waals surface area contributed by atoms with E-state index < -0.39 is 11.9 Å². The largest absolute Gasteiger partial charge is 0.462 e. The van der Waals surface area contributed by atoms with Crippen molar-refractivity contribution in [2.45, 2.75) is 39.5 Å². The van der Waals surface area contributed by atoms with Crippen LogP contribution in [0.5, 0.6) is 0 Å². The van der Waals surface area contributed by atoms with Crippen LogP contribution in [-0.4, -0.2) is 30.9 Å². The van der Waals surface area contributed by atoms with Gasteiger partial charge >= 0.3 is 11.9 Å². The number of ether oxygens (including phenoxy) is 2. The van der Waals surface area contributed by atoms with E-state index in [-0.39, 0.29) is 30.8 Å². The van der Waals surface area contributed by atoms with E-state index in [2.05, 4.69) is 20.8 Å². The molecule has 0 aliphatic heterocycles. The molecule has 0 aliphatic rings. The van der Waals surface area contributed by atoms with E-state index in [4.69, 9.17) is 9.47 Å². The van der Waals surface area contributed by atoms with Gasteiger partial charge in [-0.2, -0.15) is 0 Å². The van der Waals surface area contributed by atoms with Crippen LogP contribution in [0, 0.1) is 0 Å². The molecule has 0 saturated heterocycles. The summed E-state index contributed by atoms with van der Waals surface area (Å²) in [5, 5.41) is 0. The van der Waals surface area contributed by atoms with Crippen molar-refractivity contribution < 1.29 is 23.9 Å². The number of hydrogen-bond donors (Lipinski definition) is 0. The summed E-state index contributed by atoms with van der Waals surface area (Å²) in [7, 11) is 0. The molecular formula is C17H22O5. The van der Waals surface area contributed by atoms with Gasteiger partial charge in [-0.1, -0.05) is 32.9 Å². The maximum atomic E-state index is 11.8. The zero-order valence-electron chi connectivity index (χ0n) is 13.5. The van der Waals surface area contributed by atoms with Gasteiger partial charge in [0.1, 0.15) is 25.4 Å². The highest BCUT2D eigenvalue weighted by molar-refractivity contribution is 5.94. The summed E-state index contributed by atoms with van der Waals surface area (Å²) in [4.78, 5) is 33.6. The molecule has 0 bridgehead atoms. The molecule has 0 aliphatic carbocycles. The van der Waals surface area contributed by atoms with E-state index in [1.165, 1.54) is 6.92 Å². The third-order valence-corrected chi connectivity index (χ3v) is 2.96. The Morgan fingerprint density at radius 2 is 1.50 bits per heavy atom. The molecule has 0 heterocycles. The number of hydrogen-bond acceptors (Lipinski definition) is 5. The minimum Gasteiger partial charge on any atom is -0.462 e. The second-order valence-corrected chi connectivity index (χ2v) is 6.06. The topological polar surface area (TPSA) is 69.7 Å². The Hall–Kier alpha value is -2.17. The molecule has 0 radical (unpaired) electrons. The fourth-order valence-corrected chi connectivity index (χ4v) is 1.73. The normalized spacial score (nSPS) is 10.9. The van der Waals surface area contributed by atoms with Gasteiger partial charge in [0, 0.05) is 0 Å². The van der Waals surface area contributed by atoms with Crippen LogP contribution in [0.3, 0.4) is 0 Å². The van der Waals surface area contributed by atoms with Crippen molar-refractivity contribution in [3.05, 3.63) is 35.4 Å². The van der Waals surface area contributed by atoms with Crippen LogP contribution in [0.2, 0.25) is 0 Å². The first-order valence-corrected chi connectivity index (χ1v) is 7.13. The van der Waals surface area contributed by atoms with Gasteiger partial charge in [-0.25, -0.2) is 4.79 Å². The van der Waals surface area contributed by atoms with Crippen molar-refractivity contribution >= 4 is 17.7 Å². The molecule has 0 spiro atoms. The Kier molecular flexibility index (Phi) is 6.28. The fraction of sp³-hybridized carbons (Fsp3) is 0.471. The number of esters is 2. The van der Waals surface area contributed by atoms with E-state index >= 15 is 0 Å². The van der Waals surface area contributed by atoms with Gasteiger partial charge in [0.25, 0.3) is 0 Å². The summed E-state index contributed by atoms with van der Waals surface area (Å²) in [5.41, 5.74) is 1.60. The van der Waals surface area contributed by atoms with Crippen molar-refractivity contribution in [2.24, 2.45) is 0 Å². The van der Waals surface area contributed by atoms with Crippen LogP contribution in [0.4, 0.5) is 0 Å². The monoisotopic (exact) mass is 306 g/mol. The van der Waals surface area contributed by atoms with Crippen molar-refractivity contribution in [3.63, 3.8) is 0 Å². The Morgan fingerprint density at radius 1 is 0.955 bits per heavy atom. The van der Waals surface area contributed by atoms with Crippen molar-refractivity contribution in [1.82, 2.24) is 0 Å². The third-order valence-electron chi connectivity index (χ3n) is 2.96. The average molecular weight is 306 g/mol. The third kappa shape index (κ3) is 6.08. The molecular weight excluding hydrogens is 284 g/mol. The molecule has 5 nitrogen and oxygen atoms in total. The molecule has 1 rings (SSSR count). The van der Waals surface area contributed by atoms with Gasteiger partial charge in [0.2, 0.25) is 0 Å². The summed E-state index contributed by atoms with van der Waals surface area (Å²) in [6, 6.07) is 7.21. The quantitative estimate of drug-likeness (QED) is 0.459. The van der Waals surface area contributed by atoms with Gasteiger partial charge in [-0.3, -0.25) is 9.59 Å². The van der Waals surface area contributed by atoms with Crippen LogP contribution < -0.4 is 0 Å². The predicted octanol–water partition coefficient (Wildman–Crippen LogP) is 2.66. The van der Waals surface area contributed by atoms with E-state index in [9.17, 15) is 14.4 Å². The number of carbonyl (C=O) groups excluding carboxylic acids is 3.